The van der Waals surface area contributed by atoms with Crippen molar-refractivity contribution in [2.24, 2.45) is 0 Å². The Morgan fingerprint density at radius 1 is 1.33 bits per heavy atom. The molecule has 0 fully saturated rings. The van der Waals surface area contributed by atoms with Crippen LogP contribution in [0.25, 0.3) is 0 Å². The monoisotopic (exact) mass is 236 g/mol. The topological polar surface area (TPSA) is 40.1 Å². The van der Waals surface area contributed by atoms with E-state index in [1.807, 2.05) is 6.07 Å². The van der Waals surface area contributed by atoms with Gasteiger partial charge in [0.15, 0.2) is 0 Å². The summed E-state index contributed by atoms with van der Waals surface area (Å²) in [6, 6.07) is 8.86. The molecule has 1 rings (SSSR count). The van der Waals surface area contributed by atoms with Gasteiger partial charge >= 0.3 is 29.6 Å². The Bertz CT molecular complexity index is 250. The fourth-order valence-electron chi connectivity index (χ4n) is 0.758. The first-order valence-electron chi connectivity index (χ1n) is 3.11. The fourth-order valence-corrected chi connectivity index (χ4v) is 1.06. The van der Waals surface area contributed by atoms with E-state index < -0.39 is 10.8 Å². The van der Waals surface area contributed by atoms with E-state index in [-0.39, 0.29) is 29.6 Å². The van der Waals surface area contributed by atoms with Gasteiger partial charge in [-0.15, -0.1) is 0 Å². The summed E-state index contributed by atoms with van der Waals surface area (Å²) in [6.45, 7) is 0. The maximum absolute atomic E-state index is 10.3. The third-order valence-corrected chi connectivity index (χ3v) is 2.20. The predicted molar refractivity (Wildman–Crippen MR) is 43.1 cm³/mol. The van der Waals surface area contributed by atoms with Crippen LogP contribution in [0, 0.1) is 0 Å². The first-order valence-corrected chi connectivity index (χ1v) is 4.03. The molecule has 1 aromatic rings. The number of hydrogen-bond donors (Lipinski definition) is 0. The Morgan fingerprint density at radius 2 is 1.83 bits per heavy atom. The average molecular weight is 237 g/mol. The number of carboxylic acids is 1. The minimum absolute atomic E-state index is 0. The molecule has 0 spiro atoms. The third kappa shape index (κ3) is 3.27. The van der Waals surface area contributed by atoms with Gasteiger partial charge < -0.3 is 9.90 Å². The minimum Gasteiger partial charge on any atom is -0.549 e. The van der Waals surface area contributed by atoms with Crippen LogP contribution in [-0.4, -0.2) is 5.97 Å². The van der Waals surface area contributed by atoms with Crippen molar-refractivity contribution in [3.8, 4) is 0 Å². The standard InChI is InChI=1S/C8H7BrO2.Na/c9-7(8(10)11)6-4-2-1-3-5-6;/h1-5,7H,(H,10,11);/q;+1/p-1/t7-;/m0./s1. The number of alkyl halides is 1. The van der Waals surface area contributed by atoms with Gasteiger partial charge in [-0.2, -0.15) is 0 Å². The van der Waals surface area contributed by atoms with Crippen molar-refractivity contribution in [3.05, 3.63) is 35.9 Å². The van der Waals surface area contributed by atoms with Gasteiger partial charge in [-0.1, -0.05) is 46.3 Å². The van der Waals surface area contributed by atoms with E-state index in [2.05, 4.69) is 15.9 Å². The molecule has 4 heteroatoms. The number of hydrogen-bond acceptors (Lipinski definition) is 2. The van der Waals surface area contributed by atoms with E-state index in [1.165, 1.54) is 0 Å². The van der Waals surface area contributed by atoms with Crippen LogP contribution in [0.5, 0.6) is 0 Å². The van der Waals surface area contributed by atoms with Gasteiger partial charge in [0.25, 0.3) is 0 Å². The summed E-state index contributed by atoms with van der Waals surface area (Å²) >= 11 is 2.99. The molecule has 0 aliphatic rings. The summed E-state index contributed by atoms with van der Waals surface area (Å²) in [7, 11) is 0. The molecule has 0 N–H and O–H groups in total. The van der Waals surface area contributed by atoms with Crippen molar-refractivity contribution in [2.45, 2.75) is 4.83 Å². The van der Waals surface area contributed by atoms with Gasteiger partial charge in [0, 0.05) is 0 Å². The number of carboxylic acid groups (broad SMARTS) is 1. The van der Waals surface area contributed by atoms with Crippen molar-refractivity contribution >= 4 is 21.9 Å². The molecule has 12 heavy (non-hydrogen) atoms. The van der Waals surface area contributed by atoms with Gasteiger partial charge in [0.05, 0.1) is 10.8 Å². The van der Waals surface area contributed by atoms with Crippen LogP contribution in [-0.2, 0) is 4.79 Å². The number of carbonyl (C=O) groups is 1. The molecule has 2 nitrogen and oxygen atoms in total. The molecule has 1 atom stereocenters. The normalized spacial score (nSPS) is 11.4. The van der Waals surface area contributed by atoms with Crippen LogP contribution >= 0.6 is 15.9 Å². The van der Waals surface area contributed by atoms with Gasteiger partial charge in [-0.05, 0) is 5.56 Å². The Kier molecular flexibility index (Phi) is 5.84. The van der Waals surface area contributed by atoms with Crippen LogP contribution in [0.3, 0.4) is 0 Å². The zero-order valence-electron chi connectivity index (χ0n) is 6.66. The molecular formula is C8H6BrNaO2. The number of aliphatic carboxylic acids is 1. The molecule has 0 aliphatic carbocycles. The summed E-state index contributed by atoms with van der Waals surface area (Å²) in [5, 5.41) is 10.3. The van der Waals surface area contributed by atoms with Crippen molar-refractivity contribution in [2.75, 3.05) is 0 Å². The molecule has 0 saturated heterocycles. The summed E-state index contributed by atoms with van der Waals surface area (Å²) in [5.74, 6) is -1.11. The van der Waals surface area contributed by atoms with E-state index in [0.717, 1.165) is 0 Å². The molecule has 0 heterocycles. The molecule has 0 aliphatic heterocycles. The summed E-state index contributed by atoms with van der Waals surface area (Å²) in [5.41, 5.74) is 0.701. The first-order chi connectivity index (χ1) is 5.22. The first kappa shape index (κ1) is 12.2. The van der Waals surface area contributed by atoms with Crippen molar-refractivity contribution in [1.82, 2.24) is 0 Å². The number of benzene rings is 1. The quantitative estimate of drug-likeness (QED) is 0.435. The average Bonchev–Trinajstić information content (AvgIpc) is 2.05. The van der Waals surface area contributed by atoms with Gasteiger partial charge in [-0.3, -0.25) is 0 Å². The number of rotatable bonds is 2. The van der Waals surface area contributed by atoms with E-state index in [9.17, 15) is 9.90 Å². The second-order valence-corrected chi connectivity index (χ2v) is 3.01. The van der Waals surface area contributed by atoms with Crippen LogP contribution in [0.15, 0.2) is 30.3 Å². The van der Waals surface area contributed by atoms with Gasteiger partial charge in [0.1, 0.15) is 0 Å². The molecule has 1 aromatic carbocycles. The Hall–Kier alpha value is 0.170. The van der Waals surface area contributed by atoms with Crippen molar-refractivity contribution < 1.29 is 39.5 Å². The smallest absolute Gasteiger partial charge is 0.549 e. The third-order valence-electron chi connectivity index (χ3n) is 1.30. The SMILES string of the molecule is O=C([O-])[C@@H](Br)c1ccccc1.[Na+]. The van der Waals surface area contributed by atoms with Gasteiger partial charge in [-0.25, -0.2) is 0 Å². The van der Waals surface area contributed by atoms with Crippen LogP contribution in [0.4, 0.5) is 0 Å². The van der Waals surface area contributed by atoms with Gasteiger partial charge in [0.2, 0.25) is 0 Å². The number of halogens is 1. The molecule has 0 amide bonds. The molecule has 0 aromatic heterocycles. The molecule has 0 saturated carbocycles. The van der Waals surface area contributed by atoms with Crippen LogP contribution < -0.4 is 34.7 Å². The predicted octanol–water partition coefficient (Wildman–Crippen LogP) is -2.12. The minimum atomic E-state index is -1.11. The second kappa shape index (κ2) is 5.75. The molecule has 0 radical (unpaired) electrons. The molecule has 58 valence electrons. The maximum Gasteiger partial charge on any atom is 1.00 e. The summed E-state index contributed by atoms with van der Waals surface area (Å²) in [6.07, 6.45) is 0. The zero-order valence-corrected chi connectivity index (χ0v) is 10.2. The second-order valence-electron chi connectivity index (χ2n) is 2.09. The zero-order chi connectivity index (χ0) is 8.27. The van der Waals surface area contributed by atoms with E-state index in [4.69, 9.17) is 0 Å². The van der Waals surface area contributed by atoms with Crippen LogP contribution in [0.2, 0.25) is 0 Å². The number of carbonyl (C=O) groups excluding carboxylic acids is 1. The molecular weight excluding hydrogens is 231 g/mol. The van der Waals surface area contributed by atoms with E-state index in [0.29, 0.717) is 5.56 Å². The Labute approximate surface area is 101 Å². The Morgan fingerprint density at radius 3 is 2.25 bits per heavy atom. The summed E-state index contributed by atoms with van der Waals surface area (Å²) in [4.78, 5) is 9.64. The molecule has 0 unspecified atom stereocenters. The van der Waals surface area contributed by atoms with E-state index in [1.54, 1.807) is 24.3 Å². The van der Waals surface area contributed by atoms with Crippen molar-refractivity contribution in [3.63, 3.8) is 0 Å². The maximum atomic E-state index is 10.3. The van der Waals surface area contributed by atoms with E-state index >= 15 is 0 Å². The van der Waals surface area contributed by atoms with Crippen molar-refractivity contribution in [1.29, 1.82) is 0 Å². The Balaban J connectivity index is 0.00000121. The molecule has 0 bridgehead atoms. The largest absolute Gasteiger partial charge is 1.00 e. The van der Waals surface area contributed by atoms with Crippen LogP contribution in [0.1, 0.15) is 10.4 Å². The summed E-state index contributed by atoms with van der Waals surface area (Å²) < 4.78 is 0. The fraction of sp³-hybridized carbons (Fsp3) is 0.125.